The molecule has 2 nitrogen and oxygen atoms in total. The maximum absolute atomic E-state index is 2.44. The van der Waals surface area contributed by atoms with Crippen molar-refractivity contribution in [3.05, 3.63) is 158 Å². The highest BCUT2D eigenvalue weighted by molar-refractivity contribution is 6.39. The minimum absolute atomic E-state index is 1.18. The highest BCUT2D eigenvalue weighted by Gasteiger charge is 2.31. The van der Waals surface area contributed by atoms with E-state index in [1.807, 2.05) is 0 Å². The monoisotopic (exact) mass is 582 g/mol. The van der Waals surface area contributed by atoms with Crippen LogP contribution in [0, 0.1) is 0 Å². The predicted octanol–water partition coefficient (Wildman–Crippen LogP) is 12.6. The fraction of sp³-hybridized carbons (Fsp3) is 0. The van der Waals surface area contributed by atoms with Crippen LogP contribution in [0.5, 0.6) is 0 Å². The maximum Gasteiger partial charge on any atom is 0.0547 e. The summed E-state index contributed by atoms with van der Waals surface area (Å²) in [7, 11) is 0. The fourth-order valence-electron chi connectivity index (χ4n) is 8.44. The van der Waals surface area contributed by atoms with Crippen molar-refractivity contribution in [3.63, 3.8) is 0 Å². The first-order valence-electron chi connectivity index (χ1n) is 16.0. The van der Waals surface area contributed by atoms with Crippen LogP contribution in [0.4, 0.5) is 34.1 Å². The van der Waals surface area contributed by atoms with Gasteiger partial charge in [-0.15, -0.1) is 0 Å². The lowest BCUT2D eigenvalue weighted by Gasteiger charge is -2.35. The molecule has 2 heteroatoms. The molecular formula is C44H26N2. The molecule has 0 aromatic heterocycles. The minimum Gasteiger partial charge on any atom is -0.309 e. The first-order chi connectivity index (χ1) is 22.9. The number of para-hydroxylation sites is 4. The van der Waals surface area contributed by atoms with Crippen molar-refractivity contribution < 1.29 is 0 Å². The normalized spacial score (nSPS) is 13.1. The molecule has 2 heterocycles. The van der Waals surface area contributed by atoms with Crippen LogP contribution in [0.2, 0.25) is 0 Å². The van der Waals surface area contributed by atoms with E-state index in [0.29, 0.717) is 0 Å². The Balaban J connectivity index is 1.29. The molecule has 0 atom stereocenters. The van der Waals surface area contributed by atoms with Gasteiger partial charge in [-0.1, -0.05) is 109 Å². The molecule has 11 rings (SSSR count). The van der Waals surface area contributed by atoms with E-state index in [9.17, 15) is 0 Å². The number of anilines is 6. The van der Waals surface area contributed by atoms with E-state index in [2.05, 4.69) is 168 Å². The van der Waals surface area contributed by atoms with Crippen molar-refractivity contribution in [1.82, 2.24) is 0 Å². The van der Waals surface area contributed by atoms with Crippen LogP contribution in [0.3, 0.4) is 0 Å². The third-order valence-corrected chi connectivity index (χ3v) is 10.2. The average Bonchev–Trinajstić information content (AvgIpc) is 3.13. The molecule has 0 aliphatic carbocycles. The zero-order chi connectivity index (χ0) is 29.9. The summed E-state index contributed by atoms with van der Waals surface area (Å²) < 4.78 is 0. The van der Waals surface area contributed by atoms with Gasteiger partial charge in [-0.2, -0.15) is 0 Å². The van der Waals surface area contributed by atoms with E-state index >= 15 is 0 Å². The van der Waals surface area contributed by atoms with Gasteiger partial charge in [-0.25, -0.2) is 0 Å². The van der Waals surface area contributed by atoms with Gasteiger partial charge >= 0.3 is 0 Å². The van der Waals surface area contributed by atoms with Crippen LogP contribution < -0.4 is 9.80 Å². The van der Waals surface area contributed by atoms with Crippen molar-refractivity contribution in [2.45, 2.75) is 0 Å². The topological polar surface area (TPSA) is 6.48 Å². The van der Waals surface area contributed by atoms with Crippen molar-refractivity contribution >= 4 is 77.2 Å². The third kappa shape index (κ3) is 2.96. The molecular weight excluding hydrogens is 556 g/mol. The number of benzene rings is 9. The van der Waals surface area contributed by atoms with Gasteiger partial charge in [0.25, 0.3) is 0 Å². The third-order valence-electron chi connectivity index (χ3n) is 10.2. The largest absolute Gasteiger partial charge is 0.309 e. The fourth-order valence-corrected chi connectivity index (χ4v) is 8.44. The lowest BCUT2D eigenvalue weighted by Crippen LogP contribution is -2.15. The molecule has 46 heavy (non-hydrogen) atoms. The van der Waals surface area contributed by atoms with Crippen LogP contribution in [-0.2, 0) is 0 Å². The molecule has 0 fully saturated rings. The van der Waals surface area contributed by atoms with Crippen LogP contribution in [0.25, 0.3) is 65.3 Å². The summed E-state index contributed by atoms with van der Waals surface area (Å²) in [5.41, 5.74) is 12.4. The smallest absolute Gasteiger partial charge is 0.0547 e. The Morgan fingerprint density at radius 2 is 0.609 bits per heavy atom. The summed E-state index contributed by atoms with van der Waals surface area (Å²) >= 11 is 0. The number of hydrogen-bond acceptors (Lipinski definition) is 2. The van der Waals surface area contributed by atoms with E-state index in [1.54, 1.807) is 0 Å². The van der Waals surface area contributed by atoms with E-state index in [4.69, 9.17) is 0 Å². The van der Waals surface area contributed by atoms with Gasteiger partial charge < -0.3 is 9.80 Å². The van der Waals surface area contributed by atoms with Gasteiger partial charge in [0.15, 0.2) is 0 Å². The Morgan fingerprint density at radius 1 is 0.239 bits per heavy atom. The Kier molecular flexibility index (Phi) is 4.61. The van der Waals surface area contributed by atoms with Crippen molar-refractivity contribution in [2.75, 3.05) is 9.80 Å². The number of nitrogens with zero attached hydrogens (tertiary/aromatic N) is 2. The van der Waals surface area contributed by atoms with E-state index in [0.717, 1.165) is 0 Å². The number of rotatable bonds is 2. The summed E-state index contributed by atoms with van der Waals surface area (Å²) in [5, 5.41) is 10.6. The lowest BCUT2D eigenvalue weighted by molar-refractivity contribution is 1.29. The van der Waals surface area contributed by atoms with Crippen LogP contribution in [0.1, 0.15) is 0 Å². The van der Waals surface area contributed by atoms with Crippen molar-refractivity contribution in [3.8, 4) is 22.3 Å². The molecule has 0 unspecified atom stereocenters. The predicted molar refractivity (Wildman–Crippen MR) is 195 cm³/mol. The Labute approximate surface area is 266 Å². The maximum atomic E-state index is 2.44. The summed E-state index contributed by atoms with van der Waals surface area (Å²) in [4.78, 5) is 4.88. The molecule has 0 amide bonds. The van der Waals surface area contributed by atoms with E-state index in [-0.39, 0.29) is 0 Å². The molecule has 212 valence electrons. The quantitative estimate of drug-likeness (QED) is 0.148. The van der Waals surface area contributed by atoms with Crippen molar-refractivity contribution in [2.24, 2.45) is 0 Å². The summed E-state index contributed by atoms with van der Waals surface area (Å²) in [6.45, 7) is 0. The Morgan fingerprint density at radius 3 is 1.04 bits per heavy atom. The second-order valence-electron chi connectivity index (χ2n) is 12.5. The molecule has 0 N–H and O–H groups in total. The molecule has 0 saturated carbocycles. The highest BCUT2D eigenvalue weighted by atomic mass is 15.2. The van der Waals surface area contributed by atoms with Gasteiger partial charge in [0.05, 0.1) is 22.7 Å². The van der Waals surface area contributed by atoms with Gasteiger partial charge in [0.1, 0.15) is 0 Å². The Hall–Kier alpha value is -6.12. The van der Waals surface area contributed by atoms with Crippen LogP contribution >= 0.6 is 0 Å². The van der Waals surface area contributed by atoms with Crippen molar-refractivity contribution in [1.29, 1.82) is 0 Å². The summed E-state index contributed by atoms with van der Waals surface area (Å²) in [5.74, 6) is 0. The Bertz CT molecular complexity index is 2480. The van der Waals surface area contributed by atoms with Gasteiger partial charge in [0.2, 0.25) is 0 Å². The zero-order valence-corrected chi connectivity index (χ0v) is 24.9. The molecule has 2 aliphatic rings. The minimum atomic E-state index is 1.18. The standard InChI is InChI=1S/C44H26N2/c1-3-11-27(12-4-1)45-37-17-9-7-15-29(37)31-19-21-33-36-24-26-40-44-32(20-22-34(42(36)44)35-23-25-39(45)43(31)41(33)35)30-16-8-10-18-38(30)46(40)28-13-5-2-6-14-28/h1-26H. The van der Waals surface area contributed by atoms with Gasteiger partial charge in [-0.05, 0) is 81.2 Å². The lowest BCUT2D eigenvalue weighted by atomic mass is 9.81. The first kappa shape index (κ1) is 24.2. The van der Waals surface area contributed by atoms with Gasteiger partial charge in [0, 0.05) is 44.0 Å². The number of fused-ring (bicyclic) bond motifs is 6. The average molecular weight is 583 g/mol. The molecule has 9 aromatic rings. The molecule has 0 saturated heterocycles. The van der Waals surface area contributed by atoms with E-state index < -0.39 is 0 Å². The first-order valence-corrected chi connectivity index (χ1v) is 16.0. The molecule has 0 radical (unpaired) electrons. The van der Waals surface area contributed by atoms with Gasteiger partial charge in [-0.3, -0.25) is 0 Å². The molecule has 0 bridgehead atoms. The van der Waals surface area contributed by atoms with Crippen LogP contribution in [-0.4, -0.2) is 0 Å². The second-order valence-corrected chi connectivity index (χ2v) is 12.5. The summed E-state index contributed by atoms with van der Waals surface area (Å²) in [6.07, 6.45) is 0. The summed E-state index contributed by atoms with van der Waals surface area (Å²) in [6, 6.07) is 58.1. The molecule has 9 aromatic carbocycles. The number of hydrogen-bond donors (Lipinski definition) is 0. The van der Waals surface area contributed by atoms with E-state index in [1.165, 1.54) is 99.5 Å². The molecule has 0 spiro atoms. The highest BCUT2D eigenvalue weighted by Crippen LogP contribution is 2.57. The zero-order valence-electron chi connectivity index (χ0n) is 24.9. The second kappa shape index (κ2) is 8.74. The molecule has 2 aliphatic heterocycles. The SMILES string of the molecule is c1ccc(N2c3ccccc3-c3ccc4c5ccc6c7c(ccc(c8ccc2c3c48)c75)-c2ccccc2N6c2ccccc2)cc1. The van der Waals surface area contributed by atoms with Crippen LogP contribution in [0.15, 0.2) is 158 Å².